The van der Waals surface area contributed by atoms with Crippen LogP contribution in [0, 0.1) is 0 Å². The second kappa shape index (κ2) is 12.3. The lowest BCUT2D eigenvalue weighted by molar-refractivity contribution is 0.669. The lowest BCUT2D eigenvalue weighted by atomic mass is 10.1. The number of fused-ring (bicyclic) bond motifs is 10. The predicted molar refractivity (Wildman–Crippen MR) is 237 cm³/mol. The van der Waals surface area contributed by atoms with Gasteiger partial charge in [0.2, 0.25) is 0 Å². The third kappa shape index (κ3) is 4.49. The van der Waals surface area contributed by atoms with Crippen LogP contribution in [-0.4, -0.2) is 22.6 Å². The van der Waals surface area contributed by atoms with Gasteiger partial charge in [-0.3, -0.25) is 0 Å². The van der Waals surface area contributed by atoms with E-state index in [0.717, 1.165) is 61.2 Å². The average molecular weight is 744 g/mol. The molecule has 8 aromatic carbocycles. The first kappa shape index (κ1) is 32.0. The minimum Gasteiger partial charge on any atom is -0.456 e. The standard InChI is InChI=1S/C52H33N3OSi/c1-4-18-34(19-5-1)49-51-50(40-27-13-17-31-46(40)57(51,35-20-6-2-7-21-35)36-22-8-3-9-23-36)54-52(53-49)38-25-11-15-29-42(38)55-41-28-14-10-24-37(41)47-43(55)32-33-45-48(47)39-26-12-16-30-44(39)56-45/h1-33H. The Morgan fingerprint density at radius 3 is 1.79 bits per heavy atom. The van der Waals surface area contributed by atoms with E-state index in [1.807, 2.05) is 6.07 Å². The summed E-state index contributed by atoms with van der Waals surface area (Å²) in [6.07, 6.45) is 0. The summed E-state index contributed by atoms with van der Waals surface area (Å²) in [6.45, 7) is 0. The van der Waals surface area contributed by atoms with E-state index >= 15 is 0 Å². The summed E-state index contributed by atoms with van der Waals surface area (Å²) >= 11 is 0. The maximum absolute atomic E-state index is 6.40. The van der Waals surface area contributed by atoms with Crippen LogP contribution < -0.4 is 20.7 Å². The van der Waals surface area contributed by atoms with Gasteiger partial charge in [-0.05, 0) is 52.0 Å². The van der Waals surface area contributed by atoms with Crippen LogP contribution in [0.1, 0.15) is 0 Å². The Kier molecular flexibility index (Phi) is 6.91. The largest absolute Gasteiger partial charge is 0.456 e. The van der Waals surface area contributed by atoms with Crippen molar-refractivity contribution in [1.82, 2.24) is 14.5 Å². The second-order valence-corrected chi connectivity index (χ2v) is 18.5. The van der Waals surface area contributed by atoms with E-state index < -0.39 is 8.07 Å². The number of hydrogen-bond donors (Lipinski definition) is 0. The van der Waals surface area contributed by atoms with Crippen molar-refractivity contribution in [2.24, 2.45) is 0 Å². The summed E-state index contributed by atoms with van der Waals surface area (Å²) in [5, 5.41) is 9.82. The average Bonchev–Trinajstić information content (AvgIpc) is 3.93. The molecule has 0 radical (unpaired) electrons. The van der Waals surface area contributed by atoms with Gasteiger partial charge in [0.05, 0.1) is 28.1 Å². The third-order valence-corrected chi connectivity index (χ3v) is 16.8. The van der Waals surface area contributed by atoms with Gasteiger partial charge >= 0.3 is 0 Å². The highest BCUT2D eigenvalue weighted by molar-refractivity contribution is 7.22. The van der Waals surface area contributed by atoms with E-state index in [4.69, 9.17) is 14.4 Å². The van der Waals surface area contributed by atoms with Crippen LogP contribution in [0.15, 0.2) is 205 Å². The molecule has 0 amide bonds. The SMILES string of the molecule is c1ccc(-c2nc(-c3ccccc3-n3c4ccccc4c4c5c(ccc43)oc3ccccc35)nc3c2[Si](c2ccccc2)(c2ccccc2)c2ccccc2-3)cc1. The fourth-order valence-electron chi connectivity index (χ4n) is 9.62. The highest BCUT2D eigenvalue weighted by Crippen LogP contribution is 2.43. The normalized spacial score (nSPS) is 13.1. The van der Waals surface area contributed by atoms with Gasteiger partial charge in [0.15, 0.2) is 13.9 Å². The van der Waals surface area contributed by atoms with Crippen LogP contribution in [-0.2, 0) is 0 Å². The highest BCUT2D eigenvalue weighted by atomic mass is 28.3. The topological polar surface area (TPSA) is 43.9 Å². The molecule has 3 aromatic heterocycles. The lowest BCUT2D eigenvalue weighted by Crippen LogP contribution is -2.73. The van der Waals surface area contributed by atoms with Crippen molar-refractivity contribution in [3.8, 4) is 39.6 Å². The van der Waals surface area contributed by atoms with Gasteiger partial charge in [-0.25, -0.2) is 9.97 Å². The minimum absolute atomic E-state index is 0.699. The Hall–Kier alpha value is -7.34. The van der Waals surface area contributed by atoms with Crippen LogP contribution in [0.3, 0.4) is 0 Å². The molecule has 12 rings (SSSR count). The van der Waals surface area contributed by atoms with Gasteiger partial charge < -0.3 is 8.98 Å². The zero-order chi connectivity index (χ0) is 37.5. The molecular formula is C52H33N3OSi. The summed E-state index contributed by atoms with van der Waals surface area (Å²) in [4.78, 5) is 11.4. The monoisotopic (exact) mass is 743 g/mol. The number of benzene rings is 8. The fraction of sp³-hybridized carbons (Fsp3) is 0. The summed E-state index contributed by atoms with van der Waals surface area (Å²) in [7, 11) is -2.90. The van der Waals surface area contributed by atoms with E-state index in [9.17, 15) is 0 Å². The third-order valence-electron chi connectivity index (χ3n) is 11.9. The molecule has 266 valence electrons. The summed E-state index contributed by atoms with van der Waals surface area (Å²) in [5.74, 6) is 0.699. The van der Waals surface area contributed by atoms with Gasteiger partial charge in [-0.2, -0.15) is 0 Å². The quantitative estimate of drug-likeness (QED) is 0.165. The van der Waals surface area contributed by atoms with E-state index in [1.54, 1.807) is 0 Å². The Bertz CT molecular complexity index is 3310. The number of aromatic nitrogens is 3. The number of rotatable bonds is 5. The number of furan rings is 1. The van der Waals surface area contributed by atoms with Crippen LogP contribution in [0.4, 0.5) is 0 Å². The summed E-state index contributed by atoms with van der Waals surface area (Å²) in [6, 6.07) is 71.8. The molecule has 0 atom stereocenters. The smallest absolute Gasteiger partial charge is 0.185 e. The molecule has 1 aliphatic heterocycles. The Morgan fingerprint density at radius 2 is 1.02 bits per heavy atom. The fourth-order valence-corrected chi connectivity index (χ4v) is 14.9. The lowest BCUT2D eigenvalue weighted by Gasteiger charge is -2.32. The van der Waals surface area contributed by atoms with Gasteiger partial charge in [0.1, 0.15) is 11.2 Å². The van der Waals surface area contributed by atoms with Crippen LogP contribution >= 0.6 is 0 Å². The number of para-hydroxylation sites is 3. The van der Waals surface area contributed by atoms with Crippen molar-refractivity contribution in [1.29, 1.82) is 0 Å². The molecule has 0 N–H and O–H groups in total. The van der Waals surface area contributed by atoms with E-state index in [2.05, 4.69) is 199 Å². The van der Waals surface area contributed by atoms with Gasteiger partial charge in [-0.15, -0.1) is 0 Å². The van der Waals surface area contributed by atoms with Gasteiger partial charge in [0, 0.05) is 43.4 Å². The molecule has 0 saturated carbocycles. The molecule has 0 spiro atoms. The van der Waals surface area contributed by atoms with E-state index in [-0.39, 0.29) is 0 Å². The molecule has 4 heterocycles. The highest BCUT2D eigenvalue weighted by Gasteiger charge is 2.51. The first-order valence-corrected chi connectivity index (χ1v) is 21.4. The molecule has 5 heteroatoms. The molecule has 0 saturated heterocycles. The van der Waals surface area contributed by atoms with Crippen molar-refractivity contribution in [2.75, 3.05) is 0 Å². The molecule has 0 fully saturated rings. The molecule has 0 unspecified atom stereocenters. The van der Waals surface area contributed by atoms with E-state index in [0.29, 0.717) is 5.82 Å². The maximum Gasteiger partial charge on any atom is 0.185 e. The van der Waals surface area contributed by atoms with Gasteiger partial charge in [-0.1, -0.05) is 164 Å². The molecule has 0 aliphatic carbocycles. The zero-order valence-electron chi connectivity index (χ0n) is 30.8. The zero-order valence-corrected chi connectivity index (χ0v) is 31.8. The molecule has 1 aliphatic rings. The Balaban J connectivity index is 1.19. The molecule has 57 heavy (non-hydrogen) atoms. The van der Waals surface area contributed by atoms with Crippen LogP contribution in [0.2, 0.25) is 0 Å². The first-order chi connectivity index (χ1) is 28.3. The van der Waals surface area contributed by atoms with Crippen LogP contribution in [0.25, 0.3) is 83.3 Å². The first-order valence-electron chi connectivity index (χ1n) is 19.4. The van der Waals surface area contributed by atoms with Crippen molar-refractivity contribution in [3.63, 3.8) is 0 Å². The van der Waals surface area contributed by atoms with Crippen molar-refractivity contribution >= 4 is 72.6 Å². The summed E-state index contributed by atoms with van der Waals surface area (Å²) in [5.41, 5.74) is 10.2. The second-order valence-electron chi connectivity index (χ2n) is 14.8. The number of nitrogens with zero attached hydrogens (tertiary/aromatic N) is 3. The molecular weight excluding hydrogens is 711 g/mol. The van der Waals surface area contributed by atoms with Crippen molar-refractivity contribution < 1.29 is 4.42 Å². The Morgan fingerprint density at radius 1 is 0.421 bits per heavy atom. The maximum atomic E-state index is 6.40. The summed E-state index contributed by atoms with van der Waals surface area (Å²) < 4.78 is 8.79. The minimum atomic E-state index is -2.90. The Labute approximate surface area is 330 Å². The number of hydrogen-bond acceptors (Lipinski definition) is 3. The van der Waals surface area contributed by atoms with E-state index in [1.165, 1.54) is 37.1 Å². The van der Waals surface area contributed by atoms with Gasteiger partial charge in [0.25, 0.3) is 0 Å². The molecule has 4 nitrogen and oxygen atoms in total. The predicted octanol–water partition coefficient (Wildman–Crippen LogP) is 10.2. The molecule has 0 bridgehead atoms. The van der Waals surface area contributed by atoms with Crippen molar-refractivity contribution in [3.05, 3.63) is 200 Å². The molecule has 11 aromatic rings. The van der Waals surface area contributed by atoms with Crippen molar-refractivity contribution in [2.45, 2.75) is 0 Å². The van der Waals surface area contributed by atoms with Crippen LogP contribution in [0.5, 0.6) is 0 Å².